The minimum absolute atomic E-state index is 0.0505. The quantitative estimate of drug-likeness (QED) is 0.399. The Morgan fingerprint density at radius 1 is 1.32 bits per heavy atom. The van der Waals surface area contributed by atoms with E-state index in [1.807, 2.05) is 24.5 Å². The van der Waals surface area contributed by atoms with Crippen molar-refractivity contribution < 1.29 is 18.9 Å². The zero-order chi connectivity index (χ0) is 20.3. The topological polar surface area (TPSA) is 112 Å². The summed E-state index contributed by atoms with van der Waals surface area (Å²) in [5.74, 6) is 0.0935. The molecule has 1 aromatic carbocycles. The number of benzene rings is 1. The number of furan rings is 1. The molecule has 0 saturated carbocycles. The van der Waals surface area contributed by atoms with Crippen molar-refractivity contribution in [3.63, 3.8) is 0 Å². The van der Waals surface area contributed by atoms with Crippen LogP contribution in [0, 0.1) is 24.0 Å². The number of non-ortho nitro benzene ring substituents is 1. The van der Waals surface area contributed by atoms with E-state index >= 15 is 0 Å². The Kier molecular flexibility index (Phi) is 5.25. The number of carbonyl (C=O) groups is 1. The van der Waals surface area contributed by atoms with Crippen molar-refractivity contribution in [1.29, 1.82) is 0 Å². The molecule has 144 valence electrons. The van der Waals surface area contributed by atoms with Gasteiger partial charge in [0.25, 0.3) is 5.69 Å². The minimum Gasteiger partial charge on any atom is -0.494 e. The van der Waals surface area contributed by atoms with E-state index in [9.17, 15) is 14.9 Å². The average Bonchev–Trinajstić information content (AvgIpc) is 3.30. The first-order valence-corrected chi connectivity index (χ1v) is 8.31. The molecule has 2 heterocycles. The molecule has 2 aromatic heterocycles. The molecule has 0 saturated heterocycles. The summed E-state index contributed by atoms with van der Waals surface area (Å²) in [4.78, 5) is 22.4. The third-order valence-corrected chi connectivity index (χ3v) is 4.20. The molecule has 9 nitrogen and oxygen atoms in total. The number of hydrogen-bond donors (Lipinski definition) is 1. The van der Waals surface area contributed by atoms with Crippen molar-refractivity contribution in [2.75, 3.05) is 7.11 Å². The molecule has 0 aliphatic carbocycles. The fourth-order valence-corrected chi connectivity index (χ4v) is 2.88. The second-order valence-corrected chi connectivity index (χ2v) is 5.95. The Hall–Kier alpha value is -3.88. The largest absolute Gasteiger partial charge is 0.494 e. The predicted molar refractivity (Wildman–Crippen MR) is 102 cm³/mol. The smallest absolute Gasteiger partial charge is 0.307 e. The molecule has 0 radical (unpaired) electrons. The molecular weight excluding hydrogens is 364 g/mol. The highest BCUT2D eigenvalue weighted by atomic mass is 16.6. The zero-order valence-electron chi connectivity index (χ0n) is 15.5. The predicted octanol–water partition coefficient (Wildman–Crippen LogP) is 3.37. The number of rotatable bonds is 6. The van der Waals surface area contributed by atoms with Gasteiger partial charge in [0.1, 0.15) is 5.75 Å². The van der Waals surface area contributed by atoms with E-state index in [1.165, 1.54) is 37.8 Å². The number of aryl methyl sites for hydroxylation is 1. The molecule has 0 fully saturated rings. The normalized spacial score (nSPS) is 11.0. The maximum Gasteiger partial charge on any atom is 0.307 e. The highest BCUT2D eigenvalue weighted by Gasteiger charge is 2.17. The van der Waals surface area contributed by atoms with Crippen molar-refractivity contribution >= 4 is 17.8 Å². The number of amides is 1. The Labute approximate surface area is 160 Å². The van der Waals surface area contributed by atoms with Gasteiger partial charge in [-0.15, -0.1) is 0 Å². The molecule has 3 rings (SSSR count). The maximum atomic E-state index is 11.8. The summed E-state index contributed by atoms with van der Waals surface area (Å²) in [7, 11) is 1.46. The number of nitro benzene ring substituents is 1. The summed E-state index contributed by atoms with van der Waals surface area (Å²) in [5.41, 5.74) is 5.51. The number of nitrogens with one attached hydrogen (secondary N) is 1. The van der Waals surface area contributed by atoms with Crippen LogP contribution in [0.2, 0.25) is 0 Å². The van der Waals surface area contributed by atoms with E-state index in [2.05, 4.69) is 10.5 Å². The molecule has 0 aliphatic heterocycles. The van der Waals surface area contributed by atoms with Crippen LogP contribution in [0.5, 0.6) is 5.75 Å². The lowest BCUT2D eigenvalue weighted by Gasteiger charge is -2.13. The van der Waals surface area contributed by atoms with Crippen molar-refractivity contribution in [3.8, 4) is 11.4 Å². The molecule has 1 N–H and O–H groups in total. The van der Waals surface area contributed by atoms with Gasteiger partial charge in [0.2, 0.25) is 0 Å². The second-order valence-electron chi connectivity index (χ2n) is 5.95. The molecule has 0 atom stereocenters. The highest BCUT2D eigenvalue weighted by Crippen LogP contribution is 2.31. The maximum absolute atomic E-state index is 11.8. The van der Waals surface area contributed by atoms with Crippen LogP contribution in [0.25, 0.3) is 5.69 Å². The number of nitro groups is 1. The van der Waals surface area contributed by atoms with Crippen LogP contribution in [0.1, 0.15) is 27.5 Å². The lowest BCUT2D eigenvalue weighted by Crippen LogP contribution is -2.16. The average molecular weight is 382 g/mol. The van der Waals surface area contributed by atoms with Crippen molar-refractivity contribution in [1.82, 2.24) is 9.99 Å². The second kappa shape index (κ2) is 7.78. The number of hydrazone groups is 1. The van der Waals surface area contributed by atoms with Gasteiger partial charge in [-0.25, -0.2) is 5.43 Å². The summed E-state index contributed by atoms with van der Waals surface area (Å²) in [6.45, 7) is 3.77. The zero-order valence-corrected chi connectivity index (χ0v) is 15.5. The fourth-order valence-electron chi connectivity index (χ4n) is 2.88. The van der Waals surface area contributed by atoms with Crippen molar-refractivity contribution in [2.45, 2.75) is 13.8 Å². The number of ether oxygens (including phenoxy) is 1. The summed E-state index contributed by atoms with van der Waals surface area (Å²) in [5, 5.41) is 15.0. The minimum atomic E-state index is -0.471. The van der Waals surface area contributed by atoms with Gasteiger partial charge in [0.05, 0.1) is 36.3 Å². The van der Waals surface area contributed by atoms with E-state index in [4.69, 9.17) is 9.15 Å². The van der Waals surface area contributed by atoms with Crippen LogP contribution in [0.3, 0.4) is 0 Å². The van der Waals surface area contributed by atoms with Crippen molar-refractivity contribution in [3.05, 3.63) is 75.5 Å². The number of nitrogens with zero attached hydrogens (tertiary/aromatic N) is 3. The Morgan fingerprint density at radius 3 is 2.75 bits per heavy atom. The van der Waals surface area contributed by atoms with Crippen LogP contribution in [0.4, 0.5) is 5.69 Å². The summed E-state index contributed by atoms with van der Waals surface area (Å²) < 4.78 is 12.2. The molecule has 28 heavy (non-hydrogen) atoms. The molecule has 0 unspecified atom stereocenters. The number of hydrogen-bond acceptors (Lipinski definition) is 6. The first kappa shape index (κ1) is 18.9. The molecule has 9 heteroatoms. The number of carbonyl (C=O) groups excluding carboxylic acids is 1. The third-order valence-electron chi connectivity index (χ3n) is 4.20. The number of aromatic nitrogens is 1. The molecule has 3 aromatic rings. The van der Waals surface area contributed by atoms with E-state index in [0.29, 0.717) is 11.4 Å². The van der Waals surface area contributed by atoms with Crippen LogP contribution >= 0.6 is 0 Å². The Bertz CT molecular complexity index is 1050. The lowest BCUT2D eigenvalue weighted by atomic mass is 10.2. The van der Waals surface area contributed by atoms with Gasteiger partial charge in [-0.3, -0.25) is 14.9 Å². The van der Waals surface area contributed by atoms with E-state index in [1.54, 1.807) is 12.1 Å². The van der Waals surface area contributed by atoms with E-state index in [-0.39, 0.29) is 11.4 Å². The van der Waals surface area contributed by atoms with Crippen LogP contribution in [-0.2, 0) is 0 Å². The SMILES string of the molecule is COc1cc([N+](=O)[O-])ccc1-n1c(C)cc(/C=N\NC(=O)c2ccco2)c1C. The first-order valence-electron chi connectivity index (χ1n) is 8.31. The Balaban J connectivity index is 1.89. The summed E-state index contributed by atoms with van der Waals surface area (Å²) in [6.07, 6.45) is 2.93. The third kappa shape index (κ3) is 3.63. The van der Waals surface area contributed by atoms with Gasteiger partial charge in [-0.05, 0) is 38.1 Å². The van der Waals surface area contributed by atoms with E-state index < -0.39 is 10.8 Å². The molecule has 0 spiro atoms. The summed E-state index contributed by atoms with van der Waals surface area (Å²) in [6, 6.07) is 9.48. The molecule has 0 aliphatic rings. The monoisotopic (exact) mass is 382 g/mol. The first-order chi connectivity index (χ1) is 13.4. The molecule has 0 bridgehead atoms. The van der Waals surface area contributed by atoms with Crippen LogP contribution in [-0.4, -0.2) is 28.7 Å². The van der Waals surface area contributed by atoms with Gasteiger partial charge < -0.3 is 13.7 Å². The van der Waals surface area contributed by atoms with Crippen LogP contribution in [0.15, 0.2) is 52.2 Å². The fraction of sp³-hybridized carbons (Fsp3) is 0.158. The standard InChI is InChI=1S/C19H18N4O5/c1-12-9-14(11-20-21-19(24)17-5-4-8-28-17)13(2)22(12)16-7-6-15(23(25)26)10-18(16)27-3/h4-11H,1-3H3,(H,21,24)/b20-11-. The lowest BCUT2D eigenvalue weighted by molar-refractivity contribution is -0.384. The van der Waals surface area contributed by atoms with Gasteiger partial charge in [-0.2, -0.15) is 5.10 Å². The molecular formula is C19H18N4O5. The Morgan fingerprint density at radius 2 is 2.11 bits per heavy atom. The highest BCUT2D eigenvalue weighted by molar-refractivity contribution is 5.92. The number of methoxy groups -OCH3 is 1. The van der Waals surface area contributed by atoms with Gasteiger partial charge >= 0.3 is 5.91 Å². The van der Waals surface area contributed by atoms with Crippen molar-refractivity contribution in [2.24, 2.45) is 5.10 Å². The van der Waals surface area contributed by atoms with Crippen LogP contribution < -0.4 is 10.2 Å². The van der Waals surface area contributed by atoms with Gasteiger partial charge in [0, 0.05) is 23.0 Å². The molecule has 1 amide bonds. The summed E-state index contributed by atoms with van der Waals surface area (Å²) >= 11 is 0. The van der Waals surface area contributed by atoms with Gasteiger partial charge in [0.15, 0.2) is 5.76 Å². The van der Waals surface area contributed by atoms with E-state index in [0.717, 1.165) is 17.0 Å². The van der Waals surface area contributed by atoms with Gasteiger partial charge in [-0.1, -0.05) is 0 Å².